The Morgan fingerprint density at radius 3 is 2.65 bits per heavy atom. The third-order valence-electron chi connectivity index (χ3n) is 7.09. The van der Waals surface area contributed by atoms with Gasteiger partial charge < -0.3 is 10.1 Å². The van der Waals surface area contributed by atoms with E-state index in [-0.39, 0.29) is 28.8 Å². The summed E-state index contributed by atoms with van der Waals surface area (Å²) in [7, 11) is 1.46. The quantitative estimate of drug-likeness (QED) is 0.517. The summed E-state index contributed by atoms with van der Waals surface area (Å²) < 4.78 is 19.4. The number of methoxy groups -OCH3 is 1. The maximum atomic E-state index is 14.3. The molecular formula is C25H24ClFN2O2. The number of anilines is 1. The van der Waals surface area contributed by atoms with Crippen LogP contribution in [0, 0.1) is 17.2 Å². The smallest absolute Gasteiger partial charge is 0.228 e. The van der Waals surface area contributed by atoms with E-state index < -0.39 is 0 Å². The number of fused-ring (bicyclic) bond motifs is 1. The summed E-state index contributed by atoms with van der Waals surface area (Å²) in [6.07, 6.45) is 6.76. The minimum absolute atomic E-state index is 0.0695. The van der Waals surface area contributed by atoms with Gasteiger partial charge in [-0.25, -0.2) is 4.39 Å². The lowest BCUT2D eigenvalue weighted by Crippen LogP contribution is -2.22. The van der Waals surface area contributed by atoms with E-state index in [1.807, 2.05) is 18.2 Å². The lowest BCUT2D eigenvalue weighted by molar-refractivity contribution is -0.118. The summed E-state index contributed by atoms with van der Waals surface area (Å²) in [5.74, 6) is 0.374. The number of amides is 1. The van der Waals surface area contributed by atoms with Gasteiger partial charge in [0.15, 0.2) is 11.6 Å². The van der Waals surface area contributed by atoms with E-state index in [0.717, 1.165) is 54.3 Å². The van der Waals surface area contributed by atoms with Gasteiger partial charge in [-0.3, -0.25) is 9.78 Å². The van der Waals surface area contributed by atoms with Crippen LogP contribution < -0.4 is 10.1 Å². The monoisotopic (exact) mass is 438 g/mol. The molecule has 0 saturated heterocycles. The largest absolute Gasteiger partial charge is 0.494 e. The molecule has 1 aromatic heterocycles. The van der Waals surface area contributed by atoms with Gasteiger partial charge in [0.1, 0.15) is 0 Å². The second-order valence-corrected chi connectivity index (χ2v) is 9.23. The Hall–Kier alpha value is -2.66. The summed E-state index contributed by atoms with van der Waals surface area (Å²) in [5.41, 5.74) is 2.79. The molecule has 1 unspecified atom stereocenters. The SMILES string of the molecule is COc1cc2nccc(C3CCC4(CC3)CC4C(=O)Nc3ccc(Cl)cc3)c2cc1F. The molecule has 3 aromatic rings. The summed E-state index contributed by atoms with van der Waals surface area (Å²) in [6, 6.07) is 12.4. The van der Waals surface area contributed by atoms with Crippen LogP contribution in [-0.2, 0) is 4.79 Å². The topological polar surface area (TPSA) is 51.2 Å². The van der Waals surface area contributed by atoms with Crippen molar-refractivity contribution < 1.29 is 13.9 Å². The normalized spacial score (nSPS) is 24.9. The summed E-state index contributed by atoms with van der Waals surface area (Å²) in [5, 5.41) is 4.54. The number of ether oxygens (including phenoxy) is 1. The molecule has 31 heavy (non-hydrogen) atoms. The van der Waals surface area contributed by atoms with Crippen molar-refractivity contribution in [2.75, 3.05) is 12.4 Å². The summed E-state index contributed by atoms with van der Waals surface area (Å²) in [4.78, 5) is 17.2. The highest BCUT2D eigenvalue weighted by Crippen LogP contribution is 2.63. The molecule has 6 heteroatoms. The number of halogens is 2. The van der Waals surface area contributed by atoms with Crippen molar-refractivity contribution in [3.8, 4) is 5.75 Å². The molecule has 1 amide bonds. The third kappa shape index (κ3) is 3.76. The highest BCUT2D eigenvalue weighted by atomic mass is 35.5. The zero-order valence-electron chi connectivity index (χ0n) is 17.3. The first-order chi connectivity index (χ1) is 15.0. The fraction of sp³-hybridized carbons (Fsp3) is 0.360. The van der Waals surface area contributed by atoms with E-state index in [2.05, 4.69) is 10.3 Å². The Morgan fingerprint density at radius 1 is 1.19 bits per heavy atom. The molecule has 2 aliphatic carbocycles. The van der Waals surface area contributed by atoms with Crippen molar-refractivity contribution in [2.45, 2.75) is 38.0 Å². The maximum absolute atomic E-state index is 14.3. The predicted molar refractivity (Wildman–Crippen MR) is 120 cm³/mol. The highest BCUT2D eigenvalue weighted by molar-refractivity contribution is 6.30. The molecule has 2 aromatic carbocycles. The van der Waals surface area contributed by atoms with Gasteiger partial charge in [0.2, 0.25) is 5.91 Å². The van der Waals surface area contributed by atoms with Crippen LogP contribution in [0.25, 0.3) is 10.9 Å². The second kappa shape index (κ2) is 7.79. The van der Waals surface area contributed by atoms with E-state index in [0.29, 0.717) is 10.9 Å². The Balaban J connectivity index is 1.27. The van der Waals surface area contributed by atoms with Crippen molar-refractivity contribution in [3.05, 3.63) is 65.1 Å². The number of nitrogens with zero attached hydrogens (tertiary/aromatic N) is 1. The van der Waals surface area contributed by atoms with Crippen LogP contribution in [0.1, 0.15) is 43.6 Å². The first-order valence-corrected chi connectivity index (χ1v) is 11.1. The van der Waals surface area contributed by atoms with Crippen molar-refractivity contribution >= 4 is 34.1 Å². The Bertz CT molecular complexity index is 1140. The van der Waals surface area contributed by atoms with Gasteiger partial charge >= 0.3 is 0 Å². The second-order valence-electron chi connectivity index (χ2n) is 8.79. The molecule has 2 aliphatic rings. The number of hydrogen-bond acceptors (Lipinski definition) is 3. The first kappa shape index (κ1) is 20.3. The van der Waals surface area contributed by atoms with E-state index in [1.165, 1.54) is 7.11 Å². The molecule has 1 heterocycles. The predicted octanol–water partition coefficient (Wildman–Crippen LogP) is 6.34. The number of carbonyl (C=O) groups is 1. The average molecular weight is 439 g/mol. The number of rotatable bonds is 4. The van der Waals surface area contributed by atoms with Crippen LogP contribution in [-0.4, -0.2) is 18.0 Å². The minimum atomic E-state index is -0.363. The minimum Gasteiger partial charge on any atom is -0.494 e. The van der Waals surface area contributed by atoms with Crippen molar-refractivity contribution in [3.63, 3.8) is 0 Å². The number of hydrogen-bond donors (Lipinski definition) is 1. The Kier molecular flexibility index (Phi) is 5.09. The van der Waals surface area contributed by atoms with Crippen molar-refractivity contribution in [2.24, 2.45) is 11.3 Å². The van der Waals surface area contributed by atoms with Crippen molar-refractivity contribution in [1.82, 2.24) is 4.98 Å². The van der Waals surface area contributed by atoms with Gasteiger partial charge in [-0.05, 0) is 85.4 Å². The summed E-state index contributed by atoms with van der Waals surface area (Å²) >= 11 is 5.92. The van der Waals surface area contributed by atoms with Gasteiger partial charge in [-0.1, -0.05) is 11.6 Å². The van der Waals surface area contributed by atoms with Gasteiger partial charge in [0.25, 0.3) is 0 Å². The fourth-order valence-electron chi connectivity index (χ4n) is 5.22. The van der Waals surface area contributed by atoms with E-state index in [4.69, 9.17) is 16.3 Å². The zero-order valence-corrected chi connectivity index (χ0v) is 18.1. The van der Waals surface area contributed by atoms with Gasteiger partial charge in [0, 0.05) is 34.3 Å². The van der Waals surface area contributed by atoms with Crippen LogP contribution in [0.5, 0.6) is 5.75 Å². The number of carbonyl (C=O) groups excluding carboxylic acids is 1. The van der Waals surface area contributed by atoms with Gasteiger partial charge in [0.05, 0.1) is 12.6 Å². The van der Waals surface area contributed by atoms with E-state index in [9.17, 15) is 9.18 Å². The van der Waals surface area contributed by atoms with Crippen LogP contribution in [0.2, 0.25) is 5.02 Å². The highest BCUT2D eigenvalue weighted by Gasteiger charge is 2.58. The van der Waals surface area contributed by atoms with Crippen LogP contribution in [0.4, 0.5) is 10.1 Å². The number of benzene rings is 2. The molecule has 1 N–H and O–H groups in total. The van der Waals surface area contributed by atoms with Crippen LogP contribution in [0.15, 0.2) is 48.7 Å². The maximum Gasteiger partial charge on any atom is 0.228 e. The molecule has 2 saturated carbocycles. The Labute approximate surface area is 185 Å². The van der Waals surface area contributed by atoms with Crippen molar-refractivity contribution in [1.29, 1.82) is 0 Å². The number of nitrogens with one attached hydrogen (secondary N) is 1. The summed E-state index contributed by atoms with van der Waals surface area (Å²) in [6.45, 7) is 0. The number of aromatic nitrogens is 1. The lowest BCUT2D eigenvalue weighted by atomic mass is 9.75. The molecule has 0 bridgehead atoms. The molecule has 4 nitrogen and oxygen atoms in total. The van der Waals surface area contributed by atoms with Gasteiger partial charge in [-0.2, -0.15) is 0 Å². The standard InChI is InChI=1S/C25H24ClFN2O2/c1-31-23-13-22-19(12-21(23)27)18(8-11-28-22)15-6-9-25(10-7-15)14-20(25)24(30)29-17-4-2-16(26)3-5-17/h2-5,8,11-13,15,20H,6-7,9-10,14H2,1H3,(H,29,30). The van der Waals surface area contributed by atoms with Crippen LogP contribution in [0.3, 0.4) is 0 Å². The van der Waals surface area contributed by atoms with E-state index >= 15 is 0 Å². The zero-order chi connectivity index (χ0) is 21.6. The molecule has 2 fully saturated rings. The lowest BCUT2D eigenvalue weighted by Gasteiger charge is -2.30. The molecule has 0 radical (unpaired) electrons. The molecular weight excluding hydrogens is 415 g/mol. The first-order valence-electron chi connectivity index (χ1n) is 10.7. The molecule has 160 valence electrons. The third-order valence-corrected chi connectivity index (χ3v) is 7.34. The number of pyridine rings is 1. The van der Waals surface area contributed by atoms with Crippen LogP contribution >= 0.6 is 11.6 Å². The molecule has 5 rings (SSSR count). The molecule has 0 aliphatic heterocycles. The Morgan fingerprint density at radius 2 is 1.94 bits per heavy atom. The van der Waals surface area contributed by atoms with Gasteiger partial charge in [-0.15, -0.1) is 0 Å². The average Bonchev–Trinajstić information content (AvgIpc) is 3.48. The molecule has 1 atom stereocenters. The van der Waals surface area contributed by atoms with E-state index in [1.54, 1.807) is 30.5 Å². The fourth-order valence-corrected chi connectivity index (χ4v) is 5.34. The molecule has 1 spiro atoms.